The lowest BCUT2D eigenvalue weighted by molar-refractivity contribution is -0.507. The molecule has 8 nitrogen and oxygen atoms in total. The van der Waals surface area contributed by atoms with Crippen LogP contribution in [0.4, 0.5) is 4.79 Å². The summed E-state index contributed by atoms with van der Waals surface area (Å²) in [5, 5.41) is 25.8. The third kappa shape index (κ3) is 9.14. The predicted octanol–water partition coefficient (Wildman–Crippen LogP) is 1.09. The van der Waals surface area contributed by atoms with Crippen LogP contribution in [0, 0.1) is 0 Å². The van der Waals surface area contributed by atoms with Gasteiger partial charge in [0.25, 0.3) is 0 Å². The molecule has 18 heavy (non-hydrogen) atoms. The monoisotopic (exact) mass is 267 g/mol. The Labute approximate surface area is 106 Å². The minimum absolute atomic E-state index is 0.108. The molecule has 0 saturated carbocycles. The molecular weight excluding hydrogens is 246 g/mol. The van der Waals surface area contributed by atoms with Crippen molar-refractivity contribution in [3.8, 4) is 0 Å². The van der Waals surface area contributed by atoms with Crippen LogP contribution in [0.15, 0.2) is 0 Å². The molecule has 0 heterocycles. The van der Waals surface area contributed by atoms with E-state index in [9.17, 15) is 9.90 Å². The Balaban J connectivity index is 3.62. The Hall–Kier alpha value is -0.930. The maximum absolute atomic E-state index is 11.0. The minimum Gasteiger partial charge on any atom is -0.434 e. The van der Waals surface area contributed by atoms with Gasteiger partial charge in [-0.15, -0.1) is 0 Å². The molecule has 0 bridgehead atoms. The molecule has 0 aliphatic rings. The van der Waals surface area contributed by atoms with Gasteiger partial charge < -0.3 is 14.6 Å². The topological polar surface area (TPSA) is 109 Å². The zero-order valence-corrected chi connectivity index (χ0v) is 10.8. The molecule has 0 aliphatic carbocycles. The van der Waals surface area contributed by atoms with Crippen LogP contribution in [0.2, 0.25) is 0 Å². The van der Waals surface area contributed by atoms with Crippen molar-refractivity contribution in [1.29, 1.82) is 0 Å². The molecule has 0 spiro atoms. The second-order valence-corrected chi connectivity index (χ2v) is 4.04. The highest BCUT2D eigenvalue weighted by Crippen LogP contribution is 2.07. The van der Waals surface area contributed by atoms with Gasteiger partial charge >= 0.3 is 6.16 Å². The van der Waals surface area contributed by atoms with E-state index in [0.717, 1.165) is 0 Å². The number of aliphatic hydroxyl groups is 1. The highest BCUT2D eigenvalue weighted by molar-refractivity contribution is 5.59. The van der Waals surface area contributed by atoms with Crippen molar-refractivity contribution in [3.05, 3.63) is 0 Å². The first-order valence-corrected chi connectivity index (χ1v) is 5.69. The summed E-state index contributed by atoms with van der Waals surface area (Å²) >= 11 is 0. The normalized spacial score (nSPS) is 14.7. The molecule has 0 fully saturated rings. The smallest absolute Gasteiger partial charge is 0.434 e. The summed E-state index contributed by atoms with van der Waals surface area (Å²) in [4.78, 5) is 15.4. The SMILES string of the molecule is CC(C)OC(=O)OCCC[C@H](O)[C@H](C)ON(O)O. The van der Waals surface area contributed by atoms with Gasteiger partial charge in [-0.25, -0.2) is 9.63 Å². The fourth-order valence-corrected chi connectivity index (χ4v) is 1.13. The summed E-state index contributed by atoms with van der Waals surface area (Å²) in [6.45, 7) is 4.99. The zero-order valence-electron chi connectivity index (χ0n) is 10.8. The molecule has 8 heteroatoms. The average molecular weight is 267 g/mol. The zero-order chi connectivity index (χ0) is 14.1. The Morgan fingerprint density at radius 1 is 1.28 bits per heavy atom. The van der Waals surface area contributed by atoms with Crippen LogP contribution < -0.4 is 0 Å². The summed E-state index contributed by atoms with van der Waals surface area (Å²) in [6.07, 6.45) is -2.00. The molecular formula is C10H21NO7. The molecule has 0 aromatic carbocycles. The van der Waals surface area contributed by atoms with Crippen LogP contribution in [0.3, 0.4) is 0 Å². The Morgan fingerprint density at radius 2 is 1.89 bits per heavy atom. The second-order valence-electron chi connectivity index (χ2n) is 4.04. The third-order valence-electron chi connectivity index (χ3n) is 2.00. The van der Waals surface area contributed by atoms with E-state index in [0.29, 0.717) is 6.42 Å². The summed E-state index contributed by atoms with van der Waals surface area (Å²) in [5.41, 5.74) is 0. The summed E-state index contributed by atoms with van der Waals surface area (Å²) < 4.78 is 9.48. The number of aliphatic hydroxyl groups excluding tert-OH is 1. The van der Waals surface area contributed by atoms with Crippen LogP contribution in [0.5, 0.6) is 0 Å². The summed E-state index contributed by atoms with van der Waals surface area (Å²) in [7, 11) is 0. The van der Waals surface area contributed by atoms with Gasteiger partial charge in [0.1, 0.15) is 6.10 Å². The van der Waals surface area contributed by atoms with Gasteiger partial charge in [0, 0.05) is 0 Å². The first-order chi connectivity index (χ1) is 8.32. The molecule has 0 rings (SSSR count). The molecule has 0 aromatic heterocycles. The van der Waals surface area contributed by atoms with Crippen molar-refractivity contribution >= 4 is 6.16 Å². The van der Waals surface area contributed by atoms with Crippen LogP contribution in [-0.4, -0.2) is 52.0 Å². The van der Waals surface area contributed by atoms with Crippen molar-refractivity contribution in [3.63, 3.8) is 0 Å². The van der Waals surface area contributed by atoms with Crippen LogP contribution in [0.1, 0.15) is 33.6 Å². The number of carbonyl (C=O) groups excluding carboxylic acids is 1. The van der Waals surface area contributed by atoms with Crippen molar-refractivity contribution in [1.82, 2.24) is 5.39 Å². The van der Waals surface area contributed by atoms with Crippen LogP contribution in [0.25, 0.3) is 0 Å². The lowest BCUT2D eigenvalue weighted by Gasteiger charge is -2.19. The van der Waals surface area contributed by atoms with Gasteiger partial charge in [0.2, 0.25) is 0 Å². The average Bonchev–Trinajstić information content (AvgIpc) is 2.21. The fraction of sp³-hybridized carbons (Fsp3) is 0.900. The third-order valence-corrected chi connectivity index (χ3v) is 2.00. The molecule has 0 unspecified atom stereocenters. The number of hydrogen-bond donors (Lipinski definition) is 3. The highest BCUT2D eigenvalue weighted by atomic mass is 17.1. The predicted molar refractivity (Wildman–Crippen MR) is 58.8 cm³/mol. The Morgan fingerprint density at radius 3 is 2.39 bits per heavy atom. The van der Waals surface area contributed by atoms with Gasteiger partial charge in [-0.05, 0) is 33.6 Å². The van der Waals surface area contributed by atoms with Gasteiger partial charge in [0.05, 0.1) is 24.2 Å². The number of carbonyl (C=O) groups is 1. The minimum atomic E-state index is -0.906. The number of ether oxygens (including phenoxy) is 2. The molecule has 3 N–H and O–H groups in total. The molecule has 0 saturated heterocycles. The number of hydrogen-bond acceptors (Lipinski definition) is 8. The van der Waals surface area contributed by atoms with E-state index in [1.54, 1.807) is 13.8 Å². The van der Waals surface area contributed by atoms with Gasteiger partial charge in [-0.3, -0.25) is 10.4 Å². The largest absolute Gasteiger partial charge is 0.508 e. The van der Waals surface area contributed by atoms with Crippen LogP contribution >= 0.6 is 0 Å². The van der Waals surface area contributed by atoms with Crippen molar-refractivity contribution < 1.29 is 34.6 Å². The molecule has 0 amide bonds. The van der Waals surface area contributed by atoms with E-state index in [2.05, 4.69) is 4.84 Å². The quantitative estimate of drug-likeness (QED) is 0.340. The molecule has 108 valence electrons. The maximum Gasteiger partial charge on any atom is 0.508 e. The van der Waals surface area contributed by atoms with E-state index in [-0.39, 0.29) is 19.1 Å². The summed E-state index contributed by atoms with van der Waals surface area (Å²) in [6, 6.07) is 0. The van der Waals surface area contributed by atoms with Crippen molar-refractivity contribution in [2.75, 3.05) is 6.61 Å². The molecule has 0 aromatic rings. The van der Waals surface area contributed by atoms with Gasteiger partial charge in [-0.2, -0.15) is 0 Å². The lowest BCUT2D eigenvalue weighted by atomic mass is 10.1. The number of nitrogens with zero attached hydrogens (tertiary/aromatic N) is 1. The lowest BCUT2D eigenvalue weighted by Crippen LogP contribution is -2.32. The van der Waals surface area contributed by atoms with E-state index < -0.39 is 23.8 Å². The van der Waals surface area contributed by atoms with E-state index in [1.807, 2.05) is 0 Å². The summed E-state index contributed by atoms with van der Waals surface area (Å²) in [5.74, 6) is 0. The Kier molecular flexibility index (Phi) is 8.59. The fourth-order valence-electron chi connectivity index (χ4n) is 1.13. The van der Waals surface area contributed by atoms with Gasteiger partial charge in [-0.1, -0.05) is 0 Å². The second kappa shape index (κ2) is 9.06. The molecule has 0 aliphatic heterocycles. The van der Waals surface area contributed by atoms with Crippen LogP contribution in [-0.2, 0) is 14.3 Å². The molecule has 2 atom stereocenters. The molecule has 0 radical (unpaired) electrons. The maximum atomic E-state index is 11.0. The Bertz CT molecular complexity index is 234. The van der Waals surface area contributed by atoms with Crippen molar-refractivity contribution in [2.45, 2.75) is 51.9 Å². The highest BCUT2D eigenvalue weighted by Gasteiger charge is 2.17. The van der Waals surface area contributed by atoms with Crippen molar-refractivity contribution in [2.24, 2.45) is 0 Å². The first kappa shape index (κ1) is 17.1. The van der Waals surface area contributed by atoms with E-state index in [4.69, 9.17) is 19.9 Å². The number of rotatable bonds is 8. The van der Waals surface area contributed by atoms with E-state index in [1.165, 1.54) is 6.92 Å². The van der Waals surface area contributed by atoms with E-state index >= 15 is 0 Å². The first-order valence-electron chi connectivity index (χ1n) is 5.69. The van der Waals surface area contributed by atoms with Gasteiger partial charge in [0.15, 0.2) is 0 Å². The standard InChI is InChI=1S/C10H21NO7/c1-7(2)17-10(13)16-6-4-5-9(12)8(3)18-11(14)15/h7-9,12,14-15H,4-6H2,1-3H3/t8-,9-/m0/s1.